The zero-order valence-corrected chi connectivity index (χ0v) is 21.8. The molecule has 1 fully saturated rings. The van der Waals surface area contributed by atoms with Gasteiger partial charge in [-0.15, -0.1) is 24.8 Å². The van der Waals surface area contributed by atoms with Gasteiger partial charge in [0, 0.05) is 6.54 Å². The highest BCUT2D eigenvalue weighted by Crippen LogP contribution is 2.33. The summed E-state index contributed by atoms with van der Waals surface area (Å²) in [5.74, 6) is -0.239. The minimum atomic E-state index is -1.36. The summed E-state index contributed by atoms with van der Waals surface area (Å²) in [4.78, 5) is 14.4. The van der Waals surface area contributed by atoms with Crippen molar-refractivity contribution in [3.05, 3.63) is 54.1 Å². The molecule has 0 amide bonds. The molecule has 194 valence electrons. The third kappa shape index (κ3) is 8.38. The summed E-state index contributed by atoms with van der Waals surface area (Å²) in [5.41, 5.74) is 8.64. The zero-order valence-electron chi connectivity index (χ0n) is 20.1. The molecule has 1 unspecified atom stereocenters. The molecule has 0 aliphatic carbocycles. The Morgan fingerprint density at radius 2 is 1.80 bits per heavy atom. The maximum absolute atomic E-state index is 12.0. The molecule has 1 saturated heterocycles. The maximum atomic E-state index is 12.0. The molecule has 2 aromatic rings. The standard InChI is InChI=1S/C25H35BN2O5.2ClH/c1-33-22-9-6-8-19(17-22)23-10-3-2-7-20(23)18-28-15-11-21(12-16-28)25(27,24(29)30)13-4-5-14-26(31)32;;/h2-3,6-10,17,21,31-32H,4-5,11-16,18,27H2,1H3,(H,29,30);2*1H. The van der Waals surface area contributed by atoms with E-state index in [4.69, 9.17) is 20.5 Å². The van der Waals surface area contributed by atoms with Gasteiger partial charge in [0.15, 0.2) is 0 Å². The first-order valence-corrected chi connectivity index (χ1v) is 11.7. The smallest absolute Gasteiger partial charge is 0.451 e. The fourth-order valence-corrected chi connectivity index (χ4v) is 4.81. The van der Waals surface area contributed by atoms with Crippen LogP contribution in [0.1, 0.15) is 37.7 Å². The van der Waals surface area contributed by atoms with Gasteiger partial charge in [-0.1, -0.05) is 49.2 Å². The molecule has 0 aromatic heterocycles. The fourth-order valence-electron chi connectivity index (χ4n) is 4.81. The second kappa shape index (κ2) is 14.7. The highest BCUT2D eigenvalue weighted by atomic mass is 35.5. The summed E-state index contributed by atoms with van der Waals surface area (Å²) in [6.07, 6.45) is 3.15. The Morgan fingerprint density at radius 3 is 2.43 bits per heavy atom. The molecule has 10 heteroatoms. The Labute approximate surface area is 220 Å². The van der Waals surface area contributed by atoms with Gasteiger partial charge >= 0.3 is 13.1 Å². The summed E-state index contributed by atoms with van der Waals surface area (Å²) in [7, 11) is 0.310. The number of piperidine rings is 1. The topological polar surface area (TPSA) is 116 Å². The number of rotatable bonds is 11. The zero-order chi connectivity index (χ0) is 23.8. The molecule has 0 bridgehead atoms. The van der Waals surface area contributed by atoms with Crippen molar-refractivity contribution in [2.45, 2.75) is 50.5 Å². The molecule has 1 heterocycles. The van der Waals surface area contributed by atoms with Crippen molar-refractivity contribution >= 4 is 37.9 Å². The molecule has 3 rings (SSSR count). The van der Waals surface area contributed by atoms with Crippen LogP contribution in [0.3, 0.4) is 0 Å². The number of nitrogens with zero attached hydrogens (tertiary/aromatic N) is 1. The van der Waals surface area contributed by atoms with Crippen LogP contribution in [0.15, 0.2) is 48.5 Å². The molecule has 1 aliphatic rings. The molecule has 0 spiro atoms. The lowest BCUT2D eigenvalue weighted by atomic mass is 9.74. The number of hydrogen-bond donors (Lipinski definition) is 4. The molecule has 7 nitrogen and oxygen atoms in total. The number of benzene rings is 2. The van der Waals surface area contributed by atoms with Crippen LogP contribution >= 0.6 is 24.8 Å². The van der Waals surface area contributed by atoms with E-state index in [9.17, 15) is 9.90 Å². The first-order chi connectivity index (χ1) is 15.8. The molecule has 0 saturated carbocycles. The summed E-state index contributed by atoms with van der Waals surface area (Å²) in [6, 6.07) is 16.4. The lowest BCUT2D eigenvalue weighted by molar-refractivity contribution is -0.147. The van der Waals surface area contributed by atoms with Crippen LogP contribution < -0.4 is 10.5 Å². The number of carboxylic acids is 1. The van der Waals surface area contributed by atoms with Crippen LogP contribution in [0.4, 0.5) is 0 Å². The van der Waals surface area contributed by atoms with Crippen LogP contribution in [0, 0.1) is 5.92 Å². The predicted octanol–water partition coefficient (Wildman–Crippen LogP) is 3.84. The second-order valence-electron chi connectivity index (χ2n) is 9.01. The van der Waals surface area contributed by atoms with E-state index in [1.165, 1.54) is 11.1 Å². The van der Waals surface area contributed by atoms with Gasteiger partial charge in [-0.25, -0.2) is 0 Å². The van der Waals surface area contributed by atoms with Gasteiger partial charge < -0.3 is 25.6 Å². The Balaban J connectivity index is 0.00000306. The normalized spacial score (nSPS) is 15.9. The van der Waals surface area contributed by atoms with Gasteiger partial charge in [0.1, 0.15) is 11.3 Å². The van der Waals surface area contributed by atoms with E-state index in [-0.39, 0.29) is 37.1 Å². The van der Waals surface area contributed by atoms with E-state index in [2.05, 4.69) is 23.1 Å². The van der Waals surface area contributed by atoms with Gasteiger partial charge in [0.25, 0.3) is 0 Å². The summed E-state index contributed by atoms with van der Waals surface area (Å²) < 4.78 is 5.38. The number of unbranched alkanes of at least 4 members (excludes halogenated alkanes) is 1. The van der Waals surface area contributed by atoms with Crippen molar-refractivity contribution in [1.29, 1.82) is 0 Å². The minimum Gasteiger partial charge on any atom is -0.497 e. The van der Waals surface area contributed by atoms with Crippen molar-refractivity contribution in [2.24, 2.45) is 11.7 Å². The quantitative estimate of drug-likeness (QED) is 0.259. The van der Waals surface area contributed by atoms with Crippen molar-refractivity contribution < 1.29 is 24.7 Å². The van der Waals surface area contributed by atoms with Crippen LogP contribution in [0.2, 0.25) is 6.32 Å². The van der Waals surface area contributed by atoms with Crippen LogP contribution in [-0.4, -0.2) is 58.9 Å². The monoisotopic (exact) mass is 526 g/mol. The van der Waals surface area contributed by atoms with Gasteiger partial charge in [0.2, 0.25) is 0 Å². The summed E-state index contributed by atoms with van der Waals surface area (Å²) in [5, 5.41) is 27.9. The minimum absolute atomic E-state index is 0. The van der Waals surface area contributed by atoms with Crippen LogP contribution in [-0.2, 0) is 11.3 Å². The molecule has 1 aliphatic heterocycles. The number of carbonyl (C=O) groups is 1. The average Bonchev–Trinajstić information content (AvgIpc) is 2.82. The third-order valence-corrected chi connectivity index (χ3v) is 6.81. The highest BCUT2D eigenvalue weighted by Gasteiger charge is 2.42. The first-order valence-electron chi connectivity index (χ1n) is 11.7. The second-order valence-corrected chi connectivity index (χ2v) is 9.01. The lowest BCUT2D eigenvalue weighted by Crippen LogP contribution is -2.56. The molecule has 35 heavy (non-hydrogen) atoms. The van der Waals surface area contributed by atoms with E-state index in [1.54, 1.807) is 7.11 Å². The molecular formula is C25H37BCl2N2O5. The fraction of sp³-hybridized carbons (Fsp3) is 0.480. The third-order valence-electron chi connectivity index (χ3n) is 6.81. The number of carboxylic acid groups (broad SMARTS) is 1. The Bertz CT molecular complexity index is 928. The first kappa shape index (κ1) is 31.2. The summed E-state index contributed by atoms with van der Waals surface area (Å²) >= 11 is 0. The van der Waals surface area contributed by atoms with Crippen molar-refractivity contribution in [2.75, 3.05) is 20.2 Å². The Hall–Kier alpha value is -1.81. The number of ether oxygens (including phenoxy) is 1. The number of hydrogen-bond acceptors (Lipinski definition) is 6. The van der Waals surface area contributed by atoms with E-state index < -0.39 is 18.6 Å². The van der Waals surface area contributed by atoms with Gasteiger partial charge in [-0.2, -0.15) is 0 Å². The number of likely N-dealkylation sites (tertiary alicyclic amines) is 1. The predicted molar refractivity (Wildman–Crippen MR) is 144 cm³/mol. The Kier molecular flexibility index (Phi) is 13.1. The van der Waals surface area contributed by atoms with Gasteiger partial charge in [-0.05, 0) is 73.4 Å². The van der Waals surface area contributed by atoms with Gasteiger partial charge in [-0.3, -0.25) is 9.69 Å². The molecule has 0 radical (unpaired) electrons. The van der Waals surface area contributed by atoms with Crippen molar-refractivity contribution in [3.63, 3.8) is 0 Å². The number of nitrogens with two attached hydrogens (primary N) is 1. The summed E-state index contributed by atoms with van der Waals surface area (Å²) in [6.45, 7) is 2.37. The Morgan fingerprint density at radius 1 is 1.11 bits per heavy atom. The van der Waals surface area contributed by atoms with Crippen LogP contribution in [0.25, 0.3) is 11.1 Å². The van der Waals surface area contributed by atoms with Gasteiger partial charge in [0.05, 0.1) is 7.11 Å². The maximum Gasteiger partial charge on any atom is 0.451 e. The van der Waals surface area contributed by atoms with Crippen molar-refractivity contribution in [1.82, 2.24) is 4.90 Å². The largest absolute Gasteiger partial charge is 0.497 e. The SMILES string of the molecule is COc1cccc(-c2ccccc2CN2CCC(C(N)(CCCCB(O)O)C(=O)O)CC2)c1.Cl.Cl. The molecule has 2 aromatic carbocycles. The molecule has 5 N–H and O–H groups in total. The molecule has 1 atom stereocenters. The number of methoxy groups -OCH3 is 1. The number of halogens is 2. The van der Waals surface area contributed by atoms with E-state index in [0.29, 0.717) is 19.3 Å². The molecular weight excluding hydrogens is 490 g/mol. The lowest BCUT2D eigenvalue weighted by Gasteiger charge is -2.40. The van der Waals surface area contributed by atoms with E-state index in [1.807, 2.05) is 30.3 Å². The van der Waals surface area contributed by atoms with Crippen molar-refractivity contribution in [3.8, 4) is 16.9 Å². The highest BCUT2D eigenvalue weighted by molar-refractivity contribution is 6.40. The average molecular weight is 527 g/mol. The van der Waals surface area contributed by atoms with Crippen LogP contribution in [0.5, 0.6) is 5.75 Å². The number of aliphatic carboxylic acids is 1. The van der Waals surface area contributed by atoms with E-state index >= 15 is 0 Å². The van der Waals surface area contributed by atoms with E-state index in [0.717, 1.165) is 43.8 Å².